The molecule has 0 spiro atoms. The monoisotopic (exact) mass is 227 g/mol. The number of nitrogens with zero attached hydrogens (tertiary/aromatic N) is 1. The van der Waals surface area contributed by atoms with Crippen LogP contribution in [0, 0.1) is 5.92 Å². The summed E-state index contributed by atoms with van der Waals surface area (Å²) in [4.78, 5) is 2.67. The third kappa shape index (κ3) is 7.27. The van der Waals surface area contributed by atoms with E-state index in [1.165, 1.54) is 51.6 Å². The van der Waals surface area contributed by atoms with Crippen molar-refractivity contribution < 1.29 is 0 Å². The first-order chi connectivity index (χ1) is 7.65. The molecular formula is C15H33N. The minimum absolute atomic E-state index is 0.884. The van der Waals surface area contributed by atoms with Crippen LogP contribution in [-0.2, 0) is 0 Å². The topological polar surface area (TPSA) is 3.24 Å². The smallest absolute Gasteiger partial charge is 0.00926 e. The third-order valence-electron chi connectivity index (χ3n) is 3.55. The Morgan fingerprint density at radius 3 is 2.19 bits per heavy atom. The molecule has 1 saturated heterocycles. The van der Waals surface area contributed by atoms with Crippen LogP contribution in [0.1, 0.15) is 73.1 Å². The lowest BCUT2D eigenvalue weighted by Crippen LogP contribution is -2.39. The maximum Gasteiger partial charge on any atom is 0.00926 e. The van der Waals surface area contributed by atoms with Gasteiger partial charge in [0.05, 0.1) is 0 Å². The summed E-state index contributed by atoms with van der Waals surface area (Å²) in [5.41, 5.74) is 0. The van der Waals surface area contributed by atoms with Crippen molar-refractivity contribution in [2.24, 2.45) is 5.92 Å². The zero-order chi connectivity index (χ0) is 12.4. The van der Waals surface area contributed by atoms with Gasteiger partial charge in [-0.05, 0) is 44.7 Å². The molecule has 0 bridgehead atoms. The van der Waals surface area contributed by atoms with Crippen LogP contribution in [0.5, 0.6) is 0 Å². The summed E-state index contributed by atoms with van der Waals surface area (Å²) in [7, 11) is 0. The summed E-state index contributed by atoms with van der Waals surface area (Å²) in [5.74, 6) is 0.884. The highest BCUT2D eigenvalue weighted by Crippen LogP contribution is 2.19. The highest BCUT2D eigenvalue weighted by Gasteiger charge is 2.18. The second kappa shape index (κ2) is 10.1. The third-order valence-corrected chi connectivity index (χ3v) is 3.55. The van der Waals surface area contributed by atoms with E-state index in [1.54, 1.807) is 0 Å². The van der Waals surface area contributed by atoms with Crippen molar-refractivity contribution in [3.63, 3.8) is 0 Å². The Kier molecular flexibility index (Phi) is 10.1. The van der Waals surface area contributed by atoms with E-state index in [0.717, 1.165) is 12.0 Å². The van der Waals surface area contributed by atoms with Gasteiger partial charge < -0.3 is 4.90 Å². The van der Waals surface area contributed by atoms with Gasteiger partial charge in [0, 0.05) is 6.04 Å². The first kappa shape index (κ1) is 16.0. The second-order valence-corrected chi connectivity index (χ2v) is 5.40. The summed E-state index contributed by atoms with van der Waals surface area (Å²) < 4.78 is 0. The number of hydrogen-bond acceptors (Lipinski definition) is 1. The Balaban J connectivity index is 0.000000385. The van der Waals surface area contributed by atoms with Crippen molar-refractivity contribution >= 4 is 0 Å². The van der Waals surface area contributed by atoms with Gasteiger partial charge in [-0.15, -0.1) is 0 Å². The van der Waals surface area contributed by atoms with E-state index in [2.05, 4.69) is 39.5 Å². The molecule has 1 fully saturated rings. The molecule has 0 radical (unpaired) electrons. The van der Waals surface area contributed by atoms with Crippen LogP contribution in [-0.4, -0.2) is 24.0 Å². The predicted molar refractivity (Wildman–Crippen MR) is 74.9 cm³/mol. The molecule has 0 aromatic heterocycles. The van der Waals surface area contributed by atoms with Gasteiger partial charge in [0.2, 0.25) is 0 Å². The fourth-order valence-corrected chi connectivity index (χ4v) is 2.10. The van der Waals surface area contributed by atoms with Crippen LogP contribution in [0.3, 0.4) is 0 Å². The second-order valence-electron chi connectivity index (χ2n) is 5.40. The Morgan fingerprint density at radius 2 is 1.75 bits per heavy atom. The first-order valence-electron chi connectivity index (χ1n) is 7.39. The van der Waals surface area contributed by atoms with E-state index in [9.17, 15) is 0 Å². The maximum absolute atomic E-state index is 2.67. The molecule has 0 amide bonds. The molecule has 0 aromatic carbocycles. The lowest BCUT2D eigenvalue weighted by Gasteiger charge is -2.34. The quantitative estimate of drug-likeness (QED) is 0.672. The molecule has 1 heteroatoms. The van der Waals surface area contributed by atoms with Crippen LogP contribution in [0.25, 0.3) is 0 Å². The van der Waals surface area contributed by atoms with E-state index in [-0.39, 0.29) is 0 Å². The standard InChI is InChI=1S/C10H21N.C5H12/c1-3-8-11-9-6-5-7-10(11)4-2;1-4-5(2)3/h10H,3-9H2,1-2H3;5H,4H2,1-3H3. The SMILES string of the molecule is CCC(C)C.CCCN1CCCCC1CC. The Bertz CT molecular complexity index is 140. The van der Waals surface area contributed by atoms with E-state index < -0.39 is 0 Å². The van der Waals surface area contributed by atoms with E-state index in [1.807, 2.05) is 0 Å². The summed E-state index contributed by atoms with van der Waals surface area (Å²) in [6.45, 7) is 13.9. The van der Waals surface area contributed by atoms with Crippen LogP contribution in [0.15, 0.2) is 0 Å². The summed E-state index contributed by atoms with van der Waals surface area (Å²) in [6, 6.07) is 0.906. The molecule has 1 aliphatic heterocycles. The molecular weight excluding hydrogens is 194 g/mol. The van der Waals surface area contributed by atoms with E-state index >= 15 is 0 Å². The molecule has 1 heterocycles. The van der Waals surface area contributed by atoms with Crippen molar-refractivity contribution in [1.29, 1.82) is 0 Å². The van der Waals surface area contributed by atoms with Gasteiger partial charge in [-0.25, -0.2) is 0 Å². The zero-order valence-electron chi connectivity index (χ0n) is 12.3. The Labute approximate surface area is 104 Å². The van der Waals surface area contributed by atoms with E-state index in [4.69, 9.17) is 0 Å². The summed E-state index contributed by atoms with van der Waals surface area (Å²) in [5, 5.41) is 0. The Hall–Kier alpha value is -0.0400. The molecule has 0 saturated carbocycles. The van der Waals surface area contributed by atoms with Crippen molar-refractivity contribution in [1.82, 2.24) is 4.90 Å². The minimum Gasteiger partial charge on any atom is -0.300 e. The highest BCUT2D eigenvalue weighted by molar-refractivity contribution is 4.74. The number of likely N-dealkylation sites (tertiary alicyclic amines) is 1. The lowest BCUT2D eigenvalue weighted by atomic mass is 10.00. The normalized spacial score (nSPS) is 21.8. The average molecular weight is 227 g/mol. The largest absolute Gasteiger partial charge is 0.300 e. The van der Waals surface area contributed by atoms with Gasteiger partial charge in [0.25, 0.3) is 0 Å². The number of hydrogen-bond donors (Lipinski definition) is 0. The summed E-state index contributed by atoms with van der Waals surface area (Å²) >= 11 is 0. The molecule has 1 unspecified atom stereocenters. The van der Waals surface area contributed by atoms with Crippen LogP contribution < -0.4 is 0 Å². The average Bonchev–Trinajstić information content (AvgIpc) is 2.31. The van der Waals surface area contributed by atoms with Crippen LogP contribution >= 0.6 is 0 Å². The maximum atomic E-state index is 2.67. The molecule has 16 heavy (non-hydrogen) atoms. The highest BCUT2D eigenvalue weighted by atomic mass is 15.2. The zero-order valence-corrected chi connectivity index (χ0v) is 12.3. The molecule has 0 aromatic rings. The van der Waals surface area contributed by atoms with Gasteiger partial charge in [0.1, 0.15) is 0 Å². The fourth-order valence-electron chi connectivity index (χ4n) is 2.10. The lowest BCUT2D eigenvalue weighted by molar-refractivity contribution is 0.144. The van der Waals surface area contributed by atoms with Crippen LogP contribution in [0.2, 0.25) is 0 Å². The van der Waals surface area contributed by atoms with Crippen molar-refractivity contribution in [2.75, 3.05) is 13.1 Å². The predicted octanol–water partition coefficient (Wildman–Crippen LogP) is 4.71. The number of piperidine rings is 1. The van der Waals surface area contributed by atoms with Crippen molar-refractivity contribution in [2.45, 2.75) is 79.2 Å². The summed E-state index contributed by atoms with van der Waals surface area (Å²) in [6.07, 6.45) is 8.29. The van der Waals surface area contributed by atoms with Gasteiger partial charge in [0.15, 0.2) is 0 Å². The van der Waals surface area contributed by atoms with Gasteiger partial charge >= 0.3 is 0 Å². The van der Waals surface area contributed by atoms with E-state index in [0.29, 0.717) is 0 Å². The molecule has 0 aliphatic carbocycles. The molecule has 1 aliphatic rings. The molecule has 1 rings (SSSR count). The number of rotatable bonds is 4. The first-order valence-corrected chi connectivity index (χ1v) is 7.39. The van der Waals surface area contributed by atoms with Gasteiger partial charge in [-0.1, -0.05) is 47.5 Å². The fraction of sp³-hybridized carbons (Fsp3) is 1.00. The minimum atomic E-state index is 0.884. The molecule has 1 atom stereocenters. The van der Waals surface area contributed by atoms with Crippen LogP contribution in [0.4, 0.5) is 0 Å². The van der Waals surface area contributed by atoms with Gasteiger partial charge in [-0.3, -0.25) is 0 Å². The van der Waals surface area contributed by atoms with Crippen molar-refractivity contribution in [3.05, 3.63) is 0 Å². The Morgan fingerprint density at radius 1 is 1.12 bits per heavy atom. The van der Waals surface area contributed by atoms with Crippen molar-refractivity contribution in [3.8, 4) is 0 Å². The molecule has 0 N–H and O–H groups in total. The molecule has 1 nitrogen and oxygen atoms in total. The van der Waals surface area contributed by atoms with Gasteiger partial charge in [-0.2, -0.15) is 0 Å². The molecule has 98 valence electrons.